The van der Waals surface area contributed by atoms with E-state index in [1.165, 1.54) is 0 Å². The van der Waals surface area contributed by atoms with E-state index < -0.39 is 0 Å². The smallest absolute Gasteiger partial charge is 0.143 e. The molecule has 0 radical (unpaired) electrons. The summed E-state index contributed by atoms with van der Waals surface area (Å²) in [5.74, 6) is 0.172. The molecule has 1 N–H and O–H groups in total. The van der Waals surface area contributed by atoms with E-state index in [4.69, 9.17) is 5.11 Å². The summed E-state index contributed by atoms with van der Waals surface area (Å²) in [6.45, 7) is 0.103. The van der Waals surface area contributed by atoms with Crippen molar-refractivity contribution in [2.45, 2.75) is 12.8 Å². The van der Waals surface area contributed by atoms with Crippen molar-refractivity contribution in [2.75, 3.05) is 6.61 Å². The molecule has 1 aliphatic carbocycles. The number of hydrogen-bond donors (Lipinski definition) is 1. The molecule has 11 heavy (non-hydrogen) atoms. The minimum absolute atomic E-state index is 0.0263. The van der Waals surface area contributed by atoms with Gasteiger partial charge in [-0.15, -0.1) is 0 Å². The summed E-state index contributed by atoms with van der Waals surface area (Å²) in [5.41, 5.74) is 0. The Bertz CT molecular complexity index is 180. The van der Waals surface area contributed by atoms with Gasteiger partial charge in [0.2, 0.25) is 0 Å². The molecule has 0 unspecified atom stereocenters. The molecule has 2 nitrogen and oxygen atoms in total. The second kappa shape index (κ2) is 4.09. The number of carbonyl (C=O) groups excluding carboxylic acids is 1. The van der Waals surface area contributed by atoms with Gasteiger partial charge in [0.1, 0.15) is 5.78 Å². The molecule has 0 aromatic heterocycles. The molecular weight excluding hydrogens is 140 g/mol. The monoisotopic (exact) mass is 152 g/mol. The van der Waals surface area contributed by atoms with Gasteiger partial charge in [-0.3, -0.25) is 4.79 Å². The van der Waals surface area contributed by atoms with Crippen LogP contribution in [0.1, 0.15) is 12.8 Å². The number of carbonyl (C=O) groups is 1. The summed E-state index contributed by atoms with van der Waals surface area (Å²) in [4.78, 5) is 11.2. The maximum Gasteiger partial charge on any atom is 0.143 e. The van der Waals surface area contributed by atoms with Gasteiger partial charge in [-0.1, -0.05) is 24.3 Å². The number of aliphatic hydroxyl groups is 1. The number of Topliss-reactive ketones (excluding diaryl/α,β-unsaturated/α-hetero) is 1. The quantitative estimate of drug-likeness (QED) is 0.654. The first-order valence-corrected chi connectivity index (χ1v) is 3.83. The fourth-order valence-electron chi connectivity index (χ4n) is 1.07. The van der Waals surface area contributed by atoms with Crippen LogP contribution in [0, 0.1) is 5.92 Å². The number of aliphatic hydroxyl groups excluding tert-OH is 1. The molecule has 0 spiro atoms. The molecule has 0 bridgehead atoms. The van der Waals surface area contributed by atoms with E-state index in [1.807, 2.05) is 24.3 Å². The molecule has 0 aromatic carbocycles. The first-order chi connectivity index (χ1) is 5.34. The third-order valence-electron chi connectivity index (χ3n) is 1.70. The Morgan fingerprint density at radius 3 is 2.55 bits per heavy atom. The maximum atomic E-state index is 11.2. The Balaban J connectivity index is 2.30. The molecule has 0 heterocycles. The molecule has 1 aliphatic rings. The first kappa shape index (κ1) is 8.21. The van der Waals surface area contributed by atoms with Gasteiger partial charge in [0.15, 0.2) is 0 Å². The third kappa shape index (κ3) is 2.31. The van der Waals surface area contributed by atoms with E-state index in [1.54, 1.807) is 0 Å². The average Bonchev–Trinajstić information content (AvgIpc) is 2.52. The second-order valence-corrected chi connectivity index (χ2v) is 2.59. The highest BCUT2D eigenvalue weighted by Crippen LogP contribution is 2.12. The second-order valence-electron chi connectivity index (χ2n) is 2.59. The van der Waals surface area contributed by atoms with Gasteiger partial charge in [-0.2, -0.15) is 0 Å². The lowest BCUT2D eigenvalue weighted by molar-refractivity contribution is -0.120. The molecule has 0 aromatic rings. The van der Waals surface area contributed by atoms with Gasteiger partial charge in [-0.25, -0.2) is 0 Å². The van der Waals surface area contributed by atoms with E-state index >= 15 is 0 Å². The minimum Gasteiger partial charge on any atom is -0.396 e. The van der Waals surface area contributed by atoms with E-state index in [9.17, 15) is 4.79 Å². The molecule has 60 valence electrons. The van der Waals surface area contributed by atoms with Gasteiger partial charge in [-0.05, 0) is 6.42 Å². The molecule has 0 fully saturated rings. The summed E-state index contributed by atoms with van der Waals surface area (Å²) < 4.78 is 0. The topological polar surface area (TPSA) is 37.3 Å². The summed E-state index contributed by atoms with van der Waals surface area (Å²) in [5, 5.41) is 8.47. The maximum absolute atomic E-state index is 11.2. The molecule has 0 amide bonds. The summed E-state index contributed by atoms with van der Waals surface area (Å²) in [6, 6.07) is 0. The van der Waals surface area contributed by atoms with Gasteiger partial charge >= 0.3 is 0 Å². The predicted molar refractivity (Wildman–Crippen MR) is 43.1 cm³/mol. The van der Waals surface area contributed by atoms with Crippen molar-refractivity contribution >= 4 is 5.78 Å². The summed E-state index contributed by atoms with van der Waals surface area (Å²) in [7, 11) is 0. The van der Waals surface area contributed by atoms with Crippen molar-refractivity contribution in [3.8, 4) is 0 Å². The minimum atomic E-state index is -0.0263. The molecule has 0 saturated carbocycles. The molecule has 0 atom stereocenters. The van der Waals surface area contributed by atoms with Crippen LogP contribution in [-0.2, 0) is 4.79 Å². The van der Waals surface area contributed by atoms with Crippen molar-refractivity contribution in [1.29, 1.82) is 0 Å². The van der Waals surface area contributed by atoms with Crippen LogP contribution in [0.4, 0.5) is 0 Å². The van der Waals surface area contributed by atoms with Crippen LogP contribution >= 0.6 is 0 Å². The fourth-order valence-corrected chi connectivity index (χ4v) is 1.07. The largest absolute Gasteiger partial charge is 0.396 e. The fraction of sp³-hybridized carbons (Fsp3) is 0.444. The van der Waals surface area contributed by atoms with Crippen LogP contribution in [0.5, 0.6) is 0 Å². The third-order valence-corrected chi connectivity index (χ3v) is 1.70. The Morgan fingerprint density at radius 1 is 1.36 bits per heavy atom. The van der Waals surface area contributed by atoms with Gasteiger partial charge in [0, 0.05) is 13.0 Å². The number of ketones is 1. The zero-order valence-corrected chi connectivity index (χ0v) is 6.36. The lowest BCUT2D eigenvalue weighted by Crippen LogP contribution is -2.08. The van der Waals surface area contributed by atoms with Crippen molar-refractivity contribution < 1.29 is 9.90 Å². The Hall–Kier alpha value is -0.890. The van der Waals surface area contributed by atoms with E-state index in [2.05, 4.69) is 0 Å². The summed E-state index contributed by atoms with van der Waals surface area (Å²) >= 11 is 0. The highest BCUT2D eigenvalue weighted by atomic mass is 16.3. The first-order valence-electron chi connectivity index (χ1n) is 3.83. The molecule has 0 aliphatic heterocycles. The molecule has 0 saturated heterocycles. The van der Waals surface area contributed by atoms with Crippen LogP contribution < -0.4 is 0 Å². The van der Waals surface area contributed by atoms with E-state index in [0.717, 1.165) is 0 Å². The van der Waals surface area contributed by atoms with Crippen LogP contribution in [0.3, 0.4) is 0 Å². The van der Waals surface area contributed by atoms with Gasteiger partial charge < -0.3 is 5.11 Å². The highest BCUT2D eigenvalue weighted by molar-refractivity contribution is 5.85. The standard InChI is InChI=1S/C9H12O2/c10-7-3-6-9(11)8-4-1-2-5-8/h1-2,4-5,8,10H,3,6-7H2. The van der Waals surface area contributed by atoms with Crippen molar-refractivity contribution in [2.24, 2.45) is 5.92 Å². The van der Waals surface area contributed by atoms with E-state index in [-0.39, 0.29) is 18.3 Å². The zero-order valence-electron chi connectivity index (χ0n) is 6.36. The Morgan fingerprint density at radius 2 is 2.00 bits per heavy atom. The number of hydrogen-bond acceptors (Lipinski definition) is 2. The number of rotatable bonds is 4. The van der Waals surface area contributed by atoms with Crippen LogP contribution in [0.15, 0.2) is 24.3 Å². The van der Waals surface area contributed by atoms with Crippen LogP contribution in [0.25, 0.3) is 0 Å². The number of allylic oxidation sites excluding steroid dienone is 4. The summed E-state index contributed by atoms with van der Waals surface area (Å²) in [6.07, 6.45) is 8.56. The van der Waals surface area contributed by atoms with E-state index in [0.29, 0.717) is 12.8 Å². The lowest BCUT2D eigenvalue weighted by Gasteiger charge is -2.01. The normalized spacial score (nSPS) is 16.1. The highest BCUT2D eigenvalue weighted by Gasteiger charge is 2.12. The van der Waals surface area contributed by atoms with Crippen molar-refractivity contribution in [1.82, 2.24) is 0 Å². The predicted octanol–water partition coefficient (Wildman–Crippen LogP) is 1.07. The van der Waals surface area contributed by atoms with Crippen LogP contribution in [-0.4, -0.2) is 17.5 Å². The molecule has 2 heteroatoms. The SMILES string of the molecule is O=C(CCCO)C1C=CC=C1. The zero-order chi connectivity index (χ0) is 8.10. The van der Waals surface area contributed by atoms with Crippen molar-refractivity contribution in [3.63, 3.8) is 0 Å². The Kier molecular flexibility index (Phi) is 3.05. The average molecular weight is 152 g/mol. The molecular formula is C9H12O2. The molecule has 1 rings (SSSR count). The Labute approximate surface area is 66.2 Å². The van der Waals surface area contributed by atoms with Gasteiger partial charge in [0.05, 0.1) is 5.92 Å². The lowest BCUT2D eigenvalue weighted by atomic mass is 10.0. The van der Waals surface area contributed by atoms with Gasteiger partial charge in [0.25, 0.3) is 0 Å². The van der Waals surface area contributed by atoms with Crippen LogP contribution in [0.2, 0.25) is 0 Å². The van der Waals surface area contributed by atoms with Crippen molar-refractivity contribution in [3.05, 3.63) is 24.3 Å².